The van der Waals surface area contributed by atoms with Crippen LogP contribution in [-0.4, -0.2) is 17.7 Å². The Morgan fingerprint density at radius 3 is 2.81 bits per heavy atom. The molecule has 1 aromatic rings. The van der Waals surface area contributed by atoms with Crippen molar-refractivity contribution in [2.24, 2.45) is 11.1 Å². The van der Waals surface area contributed by atoms with E-state index in [0.717, 1.165) is 5.56 Å². The van der Waals surface area contributed by atoms with Gasteiger partial charge in [-0.05, 0) is 17.9 Å². The van der Waals surface area contributed by atoms with E-state index >= 15 is 0 Å². The molecule has 2 rings (SSSR count). The van der Waals surface area contributed by atoms with Crippen LogP contribution in [0.15, 0.2) is 35.5 Å². The van der Waals surface area contributed by atoms with Crippen molar-refractivity contribution < 1.29 is 9.63 Å². The molecule has 1 N–H and O–H groups in total. The molecule has 0 aliphatic carbocycles. The summed E-state index contributed by atoms with van der Waals surface area (Å²) in [6.45, 7) is 4.02. The van der Waals surface area contributed by atoms with Crippen molar-refractivity contribution in [3.63, 3.8) is 0 Å². The van der Waals surface area contributed by atoms with Crippen LogP contribution < -0.4 is 5.32 Å². The van der Waals surface area contributed by atoms with Gasteiger partial charge in [-0.25, -0.2) is 0 Å². The van der Waals surface area contributed by atoms with Gasteiger partial charge >= 0.3 is 0 Å². The fourth-order valence-corrected chi connectivity index (χ4v) is 2.21. The Labute approximate surface area is 124 Å². The SMILES string of the molecule is CC(C)C[C@H](C#N)NC(=O)C1=NO[C@H](c2ccccc2)C1. The van der Waals surface area contributed by atoms with Crippen LogP contribution in [0.25, 0.3) is 0 Å². The van der Waals surface area contributed by atoms with Gasteiger partial charge in [0.15, 0.2) is 6.10 Å². The van der Waals surface area contributed by atoms with E-state index < -0.39 is 6.04 Å². The number of nitrogens with one attached hydrogen (secondary N) is 1. The summed E-state index contributed by atoms with van der Waals surface area (Å²) in [4.78, 5) is 17.4. The molecule has 21 heavy (non-hydrogen) atoms. The predicted octanol–water partition coefficient (Wildman–Crippen LogP) is 2.56. The second-order valence-electron chi connectivity index (χ2n) is 5.53. The normalized spacial score (nSPS) is 18.6. The summed E-state index contributed by atoms with van der Waals surface area (Å²) in [5.74, 6) is 0.0226. The summed E-state index contributed by atoms with van der Waals surface area (Å²) in [7, 11) is 0. The largest absolute Gasteiger partial charge is 0.387 e. The van der Waals surface area contributed by atoms with E-state index in [1.54, 1.807) is 0 Å². The van der Waals surface area contributed by atoms with Gasteiger partial charge in [0, 0.05) is 6.42 Å². The minimum Gasteiger partial charge on any atom is -0.387 e. The molecule has 0 radical (unpaired) electrons. The van der Waals surface area contributed by atoms with Crippen LogP contribution in [-0.2, 0) is 9.63 Å². The quantitative estimate of drug-likeness (QED) is 0.903. The average Bonchev–Trinajstić information content (AvgIpc) is 2.97. The molecule has 0 spiro atoms. The van der Waals surface area contributed by atoms with E-state index in [4.69, 9.17) is 10.1 Å². The summed E-state index contributed by atoms with van der Waals surface area (Å²) >= 11 is 0. The molecule has 1 amide bonds. The first-order valence-corrected chi connectivity index (χ1v) is 7.08. The van der Waals surface area contributed by atoms with E-state index in [0.29, 0.717) is 24.5 Å². The monoisotopic (exact) mass is 285 g/mol. The van der Waals surface area contributed by atoms with E-state index in [1.165, 1.54) is 0 Å². The van der Waals surface area contributed by atoms with Gasteiger partial charge in [-0.2, -0.15) is 5.26 Å². The van der Waals surface area contributed by atoms with Crippen molar-refractivity contribution in [3.05, 3.63) is 35.9 Å². The maximum Gasteiger partial charge on any atom is 0.270 e. The average molecular weight is 285 g/mol. The van der Waals surface area contributed by atoms with Gasteiger partial charge in [-0.3, -0.25) is 4.79 Å². The highest BCUT2D eigenvalue weighted by Crippen LogP contribution is 2.26. The van der Waals surface area contributed by atoms with Crippen molar-refractivity contribution in [2.45, 2.75) is 38.8 Å². The highest BCUT2D eigenvalue weighted by Gasteiger charge is 2.28. The summed E-state index contributed by atoms with van der Waals surface area (Å²) in [6.07, 6.45) is 0.825. The van der Waals surface area contributed by atoms with Crippen molar-refractivity contribution in [1.82, 2.24) is 5.32 Å². The minimum atomic E-state index is -0.490. The third kappa shape index (κ3) is 4.06. The molecule has 1 aliphatic heterocycles. The molecule has 2 atom stereocenters. The van der Waals surface area contributed by atoms with Gasteiger partial charge in [-0.15, -0.1) is 0 Å². The number of nitriles is 1. The highest BCUT2D eigenvalue weighted by atomic mass is 16.6. The number of rotatable bonds is 5. The van der Waals surface area contributed by atoms with Crippen LogP contribution in [0.2, 0.25) is 0 Å². The van der Waals surface area contributed by atoms with Gasteiger partial charge in [0.25, 0.3) is 5.91 Å². The van der Waals surface area contributed by atoms with E-state index in [2.05, 4.69) is 16.5 Å². The number of benzene rings is 1. The fraction of sp³-hybridized carbons (Fsp3) is 0.438. The van der Waals surface area contributed by atoms with Crippen LogP contribution in [0.1, 0.15) is 38.4 Å². The van der Waals surface area contributed by atoms with Crippen molar-refractivity contribution in [1.29, 1.82) is 5.26 Å². The van der Waals surface area contributed by atoms with Gasteiger partial charge < -0.3 is 10.2 Å². The van der Waals surface area contributed by atoms with Crippen LogP contribution in [0.3, 0.4) is 0 Å². The molecule has 5 nitrogen and oxygen atoms in total. The standard InChI is InChI=1S/C16H19N3O2/c1-11(2)8-13(10-17)18-16(20)14-9-15(21-19-14)12-6-4-3-5-7-12/h3-7,11,13,15H,8-9H2,1-2H3,(H,18,20)/t13-,15+/m1/s1. The molecular formula is C16H19N3O2. The first kappa shape index (κ1) is 15.0. The Morgan fingerprint density at radius 1 is 1.48 bits per heavy atom. The first-order chi connectivity index (χ1) is 10.1. The maximum absolute atomic E-state index is 12.1. The lowest BCUT2D eigenvalue weighted by atomic mass is 10.0. The molecule has 1 aliphatic rings. The summed E-state index contributed by atoms with van der Waals surface area (Å²) < 4.78 is 0. The van der Waals surface area contributed by atoms with E-state index in [1.807, 2.05) is 44.2 Å². The van der Waals surface area contributed by atoms with Gasteiger partial charge in [0.1, 0.15) is 11.8 Å². The van der Waals surface area contributed by atoms with Crippen LogP contribution in [0.5, 0.6) is 0 Å². The van der Waals surface area contributed by atoms with Gasteiger partial charge in [0.05, 0.1) is 6.07 Å². The van der Waals surface area contributed by atoms with Crippen molar-refractivity contribution in [3.8, 4) is 6.07 Å². The zero-order chi connectivity index (χ0) is 15.2. The molecule has 0 aromatic heterocycles. The Balaban J connectivity index is 1.92. The fourth-order valence-electron chi connectivity index (χ4n) is 2.21. The number of nitrogens with zero attached hydrogens (tertiary/aromatic N) is 2. The number of hydrogen-bond acceptors (Lipinski definition) is 4. The van der Waals surface area contributed by atoms with Crippen LogP contribution >= 0.6 is 0 Å². The highest BCUT2D eigenvalue weighted by molar-refractivity contribution is 6.39. The molecule has 1 aromatic carbocycles. The van der Waals surface area contributed by atoms with Crippen molar-refractivity contribution in [2.75, 3.05) is 0 Å². The first-order valence-electron chi connectivity index (χ1n) is 7.08. The summed E-state index contributed by atoms with van der Waals surface area (Å²) in [5, 5.41) is 15.6. The molecule has 0 unspecified atom stereocenters. The number of carbonyl (C=O) groups excluding carboxylic acids is 1. The summed E-state index contributed by atoms with van der Waals surface area (Å²) in [6, 6.07) is 11.3. The summed E-state index contributed by atoms with van der Waals surface area (Å²) in [5.41, 5.74) is 1.33. The van der Waals surface area contributed by atoms with Crippen molar-refractivity contribution >= 4 is 11.6 Å². The lowest BCUT2D eigenvalue weighted by Gasteiger charge is -2.13. The second kappa shape index (κ2) is 6.89. The zero-order valence-corrected chi connectivity index (χ0v) is 12.2. The van der Waals surface area contributed by atoms with Crippen LogP contribution in [0.4, 0.5) is 0 Å². The molecule has 0 saturated carbocycles. The van der Waals surface area contributed by atoms with E-state index in [9.17, 15) is 4.79 Å². The Bertz CT molecular complexity index is 561. The minimum absolute atomic E-state index is 0.224. The number of carbonyl (C=O) groups is 1. The molecule has 0 bridgehead atoms. The van der Waals surface area contributed by atoms with E-state index in [-0.39, 0.29) is 12.0 Å². The van der Waals surface area contributed by atoms with Gasteiger partial charge in [-0.1, -0.05) is 49.3 Å². The topological polar surface area (TPSA) is 74.5 Å². The number of hydrogen-bond donors (Lipinski definition) is 1. The zero-order valence-electron chi connectivity index (χ0n) is 12.2. The molecule has 1 heterocycles. The molecule has 0 saturated heterocycles. The third-order valence-electron chi connectivity index (χ3n) is 3.27. The molecular weight excluding hydrogens is 266 g/mol. The number of oxime groups is 1. The molecule has 5 heteroatoms. The lowest BCUT2D eigenvalue weighted by molar-refractivity contribution is -0.115. The van der Waals surface area contributed by atoms with Crippen LogP contribution in [0, 0.1) is 17.2 Å². The predicted molar refractivity (Wildman–Crippen MR) is 79.3 cm³/mol. The molecule has 110 valence electrons. The third-order valence-corrected chi connectivity index (χ3v) is 3.27. The number of amides is 1. The smallest absolute Gasteiger partial charge is 0.270 e. The Hall–Kier alpha value is -2.35. The Morgan fingerprint density at radius 2 is 2.19 bits per heavy atom. The molecule has 0 fully saturated rings. The van der Waals surface area contributed by atoms with Gasteiger partial charge in [0.2, 0.25) is 0 Å². The lowest BCUT2D eigenvalue weighted by Crippen LogP contribution is -2.38. The Kier molecular flexibility index (Phi) is 4.94. The maximum atomic E-state index is 12.1. The second-order valence-corrected chi connectivity index (χ2v) is 5.53.